The number of rotatable bonds is 7. The minimum Gasteiger partial charge on any atom is -0.334 e. The number of carbonyl (C=O) groups excluding carboxylic acids is 1. The van der Waals surface area contributed by atoms with E-state index in [1.54, 1.807) is 35.5 Å². The topological polar surface area (TPSA) is 46.1 Å². The SMILES string of the molecule is C=CCN(CC=C)C(=O)C(C)Sc1ncccn1. The van der Waals surface area contributed by atoms with Gasteiger partial charge in [-0.25, -0.2) is 9.97 Å². The van der Waals surface area contributed by atoms with Crippen molar-refractivity contribution in [1.82, 2.24) is 14.9 Å². The number of hydrogen-bond acceptors (Lipinski definition) is 4. The van der Waals surface area contributed by atoms with Crippen LogP contribution in [0.25, 0.3) is 0 Å². The van der Waals surface area contributed by atoms with Crippen molar-refractivity contribution in [2.24, 2.45) is 0 Å². The van der Waals surface area contributed by atoms with Crippen LogP contribution in [-0.4, -0.2) is 39.1 Å². The molecule has 4 nitrogen and oxygen atoms in total. The van der Waals surface area contributed by atoms with Crippen molar-refractivity contribution >= 4 is 17.7 Å². The molecule has 0 aliphatic heterocycles. The van der Waals surface area contributed by atoms with Crippen molar-refractivity contribution in [1.29, 1.82) is 0 Å². The molecule has 18 heavy (non-hydrogen) atoms. The van der Waals surface area contributed by atoms with Gasteiger partial charge in [-0.1, -0.05) is 23.9 Å². The zero-order valence-corrected chi connectivity index (χ0v) is 11.3. The Morgan fingerprint density at radius 1 is 1.39 bits per heavy atom. The molecule has 0 spiro atoms. The highest BCUT2D eigenvalue weighted by Gasteiger charge is 2.20. The van der Waals surface area contributed by atoms with Crippen LogP contribution in [0.15, 0.2) is 48.9 Å². The summed E-state index contributed by atoms with van der Waals surface area (Å²) < 4.78 is 0. The van der Waals surface area contributed by atoms with Crippen LogP contribution in [0.4, 0.5) is 0 Å². The predicted octanol–water partition coefficient (Wildman–Crippen LogP) is 2.16. The van der Waals surface area contributed by atoms with Gasteiger partial charge < -0.3 is 4.90 Å². The summed E-state index contributed by atoms with van der Waals surface area (Å²) in [4.78, 5) is 22.1. The highest BCUT2D eigenvalue weighted by molar-refractivity contribution is 8.00. The Morgan fingerprint density at radius 2 is 1.94 bits per heavy atom. The molecule has 1 unspecified atom stereocenters. The summed E-state index contributed by atoms with van der Waals surface area (Å²) in [6, 6.07) is 1.75. The Bertz CT molecular complexity index is 398. The fourth-order valence-corrected chi connectivity index (χ4v) is 2.19. The standard InChI is InChI=1S/C13H17N3OS/c1-4-9-16(10-5-2)12(17)11(3)18-13-14-7-6-8-15-13/h4-8,11H,1-2,9-10H2,3H3. The minimum absolute atomic E-state index is 0.0345. The first-order chi connectivity index (χ1) is 8.69. The molecule has 5 heteroatoms. The van der Waals surface area contributed by atoms with Gasteiger partial charge in [0.25, 0.3) is 0 Å². The fraction of sp³-hybridized carbons (Fsp3) is 0.308. The molecular formula is C13H17N3OS. The lowest BCUT2D eigenvalue weighted by molar-refractivity contribution is -0.129. The molecule has 1 aromatic rings. The molecule has 0 saturated heterocycles. The van der Waals surface area contributed by atoms with E-state index < -0.39 is 0 Å². The molecule has 0 radical (unpaired) electrons. The van der Waals surface area contributed by atoms with Crippen molar-refractivity contribution in [2.75, 3.05) is 13.1 Å². The molecule has 0 aliphatic rings. The number of nitrogens with zero attached hydrogens (tertiary/aromatic N) is 3. The van der Waals surface area contributed by atoms with E-state index >= 15 is 0 Å². The zero-order valence-electron chi connectivity index (χ0n) is 10.5. The van der Waals surface area contributed by atoms with Gasteiger partial charge in [0.15, 0.2) is 5.16 Å². The Balaban J connectivity index is 2.64. The molecule has 0 saturated carbocycles. The summed E-state index contributed by atoms with van der Waals surface area (Å²) in [5.74, 6) is 0.0345. The first-order valence-electron chi connectivity index (χ1n) is 5.63. The number of amides is 1. The second-order valence-electron chi connectivity index (χ2n) is 3.61. The number of aromatic nitrogens is 2. The third-order valence-corrected chi connectivity index (χ3v) is 3.16. The van der Waals surface area contributed by atoms with Crippen LogP contribution in [0, 0.1) is 0 Å². The maximum absolute atomic E-state index is 12.2. The molecule has 1 heterocycles. The van der Waals surface area contributed by atoms with E-state index in [1.165, 1.54) is 11.8 Å². The van der Waals surface area contributed by atoms with Gasteiger partial charge in [0, 0.05) is 25.5 Å². The number of thioether (sulfide) groups is 1. The van der Waals surface area contributed by atoms with Gasteiger partial charge in [0.2, 0.25) is 5.91 Å². The van der Waals surface area contributed by atoms with Crippen LogP contribution < -0.4 is 0 Å². The van der Waals surface area contributed by atoms with E-state index in [1.807, 2.05) is 6.92 Å². The molecule has 1 aromatic heterocycles. The normalized spacial score (nSPS) is 11.6. The van der Waals surface area contributed by atoms with E-state index in [2.05, 4.69) is 23.1 Å². The quantitative estimate of drug-likeness (QED) is 0.429. The zero-order chi connectivity index (χ0) is 13.4. The molecule has 0 N–H and O–H groups in total. The lowest BCUT2D eigenvalue weighted by atomic mass is 10.3. The molecule has 1 atom stereocenters. The van der Waals surface area contributed by atoms with Crippen LogP contribution in [0.3, 0.4) is 0 Å². The van der Waals surface area contributed by atoms with Crippen molar-refractivity contribution < 1.29 is 4.79 Å². The molecule has 0 aliphatic carbocycles. The first-order valence-corrected chi connectivity index (χ1v) is 6.51. The van der Waals surface area contributed by atoms with Gasteiger partial charge >= 0.3 is 0 Å². The van der Waals surface area contributed by atoms with E-state index in [4.69, 9.17) is 0 Å². The summed E-state index contributed by atoms with van der Waals surface area (Å²) in [7, 11) is 0. The molecule has 0 aromatic carbocycles. The maximum Gasteiger partial charge on any atom is 0.236 e. The molecule has 0 fully saturated rings. The lowest BCUT2D eigenvalue weighted by Gasteiger charge is -2.22. The highest BCUT2D eigenvalue weighted by atomic mass is 32.2. The van der Waals surface area contributed by atoms with E-state index in [0.29, 0.717) is 18.2 Å². The van der Waals surface area contributed by atoms with Gasteiger partial charge in [-0.15, -0.1) is 13.2 Å². The van der Waals surface area contributed by atoms with Crippen LogP contribution in [0.5, 0.6) is 0 Å². The van der Waals surface area contributed by atoms with Crippen molar-refractivity contribution in [3.63, 3.8) is 0 Å². The molecule has 0 bridgehead atoms. The van der Waals surface area contributed by atoms with Gasteiger partial charge in [-0.05, 0) is 13.0 Å². The van der Waals surface area contributed by atoms with Crippen LogP contribution in [-0.2, 0) is 4.79 Å². The average Bonchev–Trinajstić information content (AvgIpc) is 2.39. The van der Waals surface area contributed by atoms with Crippen molar-refractivity contribution in [2.45, 2.75) is 17.3 Å². The van der Waals surface area contributed by atoms with Gasteiger partial charge in [-0.3, -0.25) is 4.79 Å². The van der Waals surface area contributed by atoms with Crippen LogP contribution in [0.1, 0.15) is 6.92 Å². The van der Waals surface area contributed by atoms with Gasteiger partial charge in [0.05, 0.1) is 5.25 Å². The summed E-state index contributed by atoms with van der Waals surface area (Å²) >= 11 is 1.35. The van der Waals surface area contributed by atoms with Crippen LogP contribution in [0.2, 0.25) is 0 Å². The van der Waals surface area contributed by atoms with Crippen molar-refractivity contribution in [3.8, 4) is 0 Å². The average molecular weight is 263 g/mol. The second kappa shape index (κ2) is 7.66. The second-order valence-corrected chi connectivity index (χ2v) is 4.92. The van der Waals surface area contributed by atoms with E-state index in [0.717, 1.165) is 0 Å². The smallest absolute Gasteiger partial charge is 0.236 e. The molecular weight excluding hydrogens is 246 g/mol. The monoisotopic (exact) mass is 263 g/mol. The van der Waals surface area contributed by atoms with Crippen LogP contribution >= 0.6 is 11.8 Å². The summed E-state index contributed by atoms with van der Waals surface area (Å²) in [5, 5.41) is 0.378. The molecule has 1 amide bonds. The Kier molecular flexibility index (Phi) is 6.14. The first kappa shape index (κ1) is 14.4. The number of hydrogen-bond donors (Lipinski definition) is 0. The third-order valence-electron chi connectivity index (χ3n) is 2.18. The summed E-state index contributed by atoms with van der Waals surface area (Å²) in [6.07, 6.45) is 6.74. The third kappa shape index (κ3) is 4.33. The maximum atomic E-state index is 12.2. The fourth-order valence-electron chi connectivity index (χ4n) is 1.38. The minimum atomic E-state index is -0.229. The Labute approximate surface area is 112 Å². The van der Waals surface area contributed by atoms with E-state index in [-0.39, 0.29) is 11.2 Å². The predicted molar refractivity (Wildman–Crippen MR) is 74.3 cm³/mol. The number of carbonyl (C=O) groups is 1. The highest BCUT2D eigenvalue weighted by Crippen LogP contribution is 2.20. The summed E-state index contributed by atoms with van der Waals surface area (Å²) in [6.45, 7) is 10.2. The Morgan fingerprint density at radius 3 is 2.44 bits per heavy atom. The molecule has 1 rings (SSSR count). The molecule has 96 valence electrons. The van der Waals surface area contributed by atoms with Gasteiger partial charge in [0.1, 0.15) is 0 Å². The van der Waals surface area contributed by atoms with E-state index in [9.17, 15) is 4.79 Å². The van der Waals surface area contributed by atoms with Crippen molar-refractivity contribution in [3.05, 3.63) is 43.8 Å². The summed E-state index contributed by atoms with van der Waals surface area (Å²) in [5.41, 5.74) is 0. The lowest BCUT2D eigenvalue weighted by Crippen LogP contribution is -2.36. The Hall–Kier alpha value is -1.62. The van der Waals surface area contributed by atoms with Gasteiger partial charge in [-0.2, -0.15) is 0 Å². The largest absolute Gasteiger partial charge is 0.334 e.